The van der Waals surface area contributed by atoms with Crippen molar-refractivity contribution in [3.05, 3.63) is 35.4 Å². The topological polar surface area (TPSA) is 61.9 Å². The quantitative estimate of drug-likeness (QED) is 0.801. The Kier molecular flexibility index (Phi) is 5.62. The third-order valence-corrected chi connectivity index (χ3v) is 5.71. The number of urea groups is 1. The molecule has 2 heterocycles. The van der Waals surface area contributed by atoms with E-state index in [4.69, 9.17) is 4.74 Å². The highest BCUT2D eigenvalue weighted by Crippen LogP contribution is 2.29. The van der Waals surface area contributed by atoms with Gasteiger partial charge < -0.3 is 19.9 Å². The van der Waals surface area contributed by atoms with Crippen molar-refractivity contribution in [3.8, 4) is 0 Å². The third kappa shape index (κ3) is 4.80. The van der Waals surface area contributed by atoms with Crippen molar-refractivity contribution in [1.29, 1.82) is 0 Å². The summed E-state index contributed by atoms with van der Waals surface area (Å²) in [6.07, 6.45) is 4.89. The van der Waals surface area contributed by atoms with Crippen LogP contribution in [-0.2, 0) is 22.6 Å². The lowest BCUT2D eigenvalue weighted by Crippen LogP contribution is -2.43. The Morgan fingerprint density at radius 2 is 2.11 bits per heavy atom. The van der Waals surface area contributed by atoms with Crippen LogP contribution in [0.2, 0.25) is 0 Å². The van der Waals surface area contributed by atoms with Crippen LogP contribution in [-0.4, -0.2) is 54.1 Å². The normalized spacial score (nSPS) is 22.3. The number of hydrogen-bond donors (Lipinski definition) is 1. The molecular formula is C21H29N3O3. The number of ether oxygens (including phenoxy) is 1. The number of likely N-dealkylation sites (tertiary alicyclic amines) is 1. The maximum atomic E-state index is 12.7. The van der Waals surface area contributed by atoms with Gasteiger partial charge in [0.2, 0.25) is 5.91 Å². The average Bonchev–Trinajstić information content (AvgIpc) is 3.23. The Hall–Kier alpha value is -2.08. The highest BCUT2D eigenvalue weighted by atomic mass is 16.5. The molecule has 1 saturated carbocycles. The van der Waals surface area contributed by atoms with Gasteiger partial charge >= 0.3 is 6.03 Å². The van der Waals surface area contributed by atoms with E-state index in [0.717, 1.165) is 63.1 Å². The van der Waals surface area contributed by atoms with Crippen LogP contribution in [0.4, 0.5) is 4.79 Å². The summed E-state index contributed by atoms with van der Waals surface area (Å²) in [6, 6.07) is 8.61. The number of nitrogens with one attached hydrogen (secondary N) is 1. The van der Waals surface area contributed by atoms with Crippen LogP contribution in [0, 0.1) is 5.92 Å². The number of amides is 3. The van der Waals surface area contributed by atoms with Crippen molar-refractivity contribution in [2.75, 3.05) is 26.3 Å². The van der Waals surface area contributed by atoms with E-state index in [2.05, 4.69) is 11.4 Å². The molecule has 1 aromatic rings. The molecule has 1 unspecified atom stereocenters. The van der Waals surface area contributed by atoms with Crippen molar-refractivity contribution in [2.45, 2.75) is 51.2 Å². The molecule has 2 saturated heterocycles. The van der Waals surface area contributed by atoms with Crippen molar-refractivity contribution < 1.29 is 14.3 Å². The van der Waals surface area contributed by atoms with Gasteiger partial charge in [-0.2, -0.15) is 0 Å². The van der Waals surface area contributed by atoms with E-state index < -0.39 is 0 Å². The number of benzene rings is 1. The largest absolute Gasteiger partial charge is 0.381 e. The van der Waals surface area contributed by atoms with Crippen molar-refractivity contribution in [2.24, 2.45) is 5.92 Å². The molecule has 1 atom stereocenters. The maximum Gasteiger partial charge on any atom is 0.317 e. The second-order valence-corrected chi connectivity index (χ2v) is 8.01. The number of nitrogens with zero attached hydrogens (tertiary/aromatic N) is 2. The number of hydrogen-bond acceptors (Lipinski definition) is 3. The van der Waals surface area contributed by atoms with Crippen LogP contribution in [0.15, 0.2) is 24.3 Å². The second-order valence-electron chi connectivity index (χ2n) is 8.01. The van der Waals surface area contributed by atoms with Crippen LogP contribution in [0.5, 0.6) is 0 Å². The van der Waals surface area contributed by atoms with E-state index in [-0.39, 0.29) is 11.9 Å². The molecule has 1 aliphatic carbocycles. The van der Waals surface area contributed by atoms with Crippen LogP contribution in [0.25, 0.3) is 0 Å². The zero-order valence-electron chi connectivity index (χ0n) is 15.9. The molecule has 1 aromatic carbocycles. The fourth-order valence-electron chi connectivity index (χ4n) is 4.00. The highest BCUT2D eigenvalue weighted by Gasteiger charge is 2.34. The summed E-state index contributed by atoms with van der Waals surface area (Å²) >= 11 is 0. The summed E-state index contributed by atoms with van der Waals surface area (Å²) in [5.74, 6) is 0.711. The summed E-state index contributed by atoms with van der Waals surface area (Å²) < 4.78 is 5.46. The number of carbonyl (C=O) groups excluding carboxylic acids is 2. The molecule has 0 aromatic heterocycles. The predicted octanol–water partition coefficient (Wildman–Crippen LogP) is 2.52. The van der Waals surface area contributed by atoms with Gasteiger partial charge in [-0.15, -0.1) is 0 Å². The molecule has 3 amide bonds. The zero-order chi connectivity index (χ0) is 18.6. The summed E-state index contributed by atoms with van der Waals surface area (Å²) in [4.78, 5) is 28.5. The first kappa shape index (κ1) is 18.3. The Morgan fingerprint density at radius 3 is 2.81 bits per heavy atom. The molecule has 6 nitrogen and oxygen atoms in total. The van der Waals surface area contributed by atoms with Gasteiger partial charge in [0, 0.05) is 51.2 Å². The fourth-order valence-corrected chi connectivity index (χ4v) is 4.00. The van der Waals surface area contributed by atoms with Crippen molar-refractivity contribution in [3.63, 3.8) is 0 Å². The molecule has 4 rings (SSSR count). The standard InChI is InChI=1S/C21H29N3O3/c25-20-5-2-9-23(20)13-17-4-1-3-16(11-17)12-22-21(26)24(19-6-7-19)14-18-8-10-27-15-18/h1,3-4,11,18-19H,2,5-10,12-15H2,(H,22,26). The second kappa shape index (κ2) is 8.30. The van der Waals surface area contributed by atoms with Gasteiger partial charge in [0.25, 0.3) is 0 Å². The van der Waals surface area contributed by atoms with Gasteiger partial charge in [-0.1, -0.05) is 24.3 Å². The SMILES string of the molecule is O=C1CCCN1Cc1cccc(CNC(=O)N(CC2CCOC2)C2CC2)c1. The van der Waals surface area contributed by atoms with Crippen molar-refractivity contribution >= 4 is 11.9 Å². The summed E-state index contributed by atoms with van der Waals surface area (Å²) in [7, 11) is 0. The fraction of sp³-hybridized carbons (Fsp3) is 0.619. The molecule has 1 N–H and O–H groups in total. The Balaban J connectivity index is 1.31. The number of carbonyl (C=O) groups is 2. The van der Waals surface area contributed by atoms with E-state index >= 15 is 0 Å². The molecule has 0 radical (unpaired) electrons. The Bertz CT molecular complexity index is 683. The van der Waals surface area contributed by atoms with Crippen LogP contribution < -0.4 is 5.32 Å². The van der Waals surface area contributed by atoms with E-state index in [1.807, 2.05) is 28.0 Å². The van der Waals surface area contributed by atoms with Crippen LogP contribution in [0.1, 0.15) is 43.2 Å². The lowest BCUT2D eigenvalue weighted by atomic mass is 10.1. The lowest BCUT2D eigenvalue weighted by Gasteiger charge is -2.25. The first-order valence-electron chi connectivity index (χ1n) is 10.2. The van der Waals surface area contributed by atoms with E-state index in [0.29, 0.717) is 31.5 Å². The molecule has 146 valence electrons. The molecule has 0 bridgehead atoms. The third-order valence-electron chi connectivity index (χ3n) is 5.71. The minimum Gasteiger partial charge on any atom is -0.381 e. The molecule has 2 aliphatic heterocycles. The van der Waals surface area contributed by atoms with E-state index in [1.54, 1.807) is 0 Å². The molecule has 3 aliphatic rings. The first-order valence-corrected chi connectivity index (χ1v) is 10.2. The Morgan fingerprint density at radius 1 is 1.26 bits per heavy atom. The highest BCUT2D eigenvalue weighted by molar-refractivity contribution is 5.78. The van der Waals surface area contributed by atoms with E-state index in [1.165, 1.54) is 0 Å². The number of rotatable bonds is 7. The monoisotopic (exact) mass is 371 g/mol. The van der Waals surface area contributed by atoms with Gasteiger partial charge in [-0.3, -0.25) is 4.79 Å². The predicted molar refractivity (Wildman–Crippen MR) is 102 cm³/mol. The smallest absolute Gasteiger partial charge is 0.317 e. The molecule has 6 heteroatoms. The van der Waals surface area contributed by atoms with Gasteiger partial charge in [0.1, 0.15) is 0 Å². The van der Waals surface area contributed by atoms with Crippen LogP contribution in [0.3, 0.4) is 0 Å². The molecular weight excluding hydrogens is 342 g/mol. The van der Waals surface area contributed by atoms with Crippen molar-refractivity contribution in [1.82, 2.24) is 15.1 Å². The first-order chi connectivity index (χ1) is 13.2. The molecule has 0 spiro atoms. The van der Waals surface area contributed by atoms with E-state index in [9.17, 15) is 9.59 Å². The van der Waals surface area contributed by atoms with Crippen LogP contribution >= 0.6 is 0 Å². The Labute approximate surface area is 160 Å². The summed E-state index contributed by atoms with van der Waals surface area (Å²) in [5.41, 5.74) is 2.20. The zero-order valence-corrected chi connectivity index (χ0v) is 15.9. The minimum atomic E-state index is 0.0320. The van der Waals surface area contributed by atoms with Gasteiger partial charge in [-0.25, -0.2) is 4.79 Å². The van der Waals surface area contributed by atoms with Gasteiger partial charge in [0.05, 0.1) is 6.61 Å². The molecule has 3 fully saturated rings. The minimum absolute atomic E-state index is 0.0320. The van der Waals surface area contributed by atoms with Gasteiger partial charge in [0.15, 0.2) is 0 Å². The van der Waals surface area contributed by atoms with Gasteiger partial charge in [-0.05, 0) is 36.8 Å². The summed E-state index contributed by atoms with van der Waals surface area (Å²) in [5, 5.41) is 3.09. The average molecular weight is 371 g/mol. The lowest BCUT2D eigenvalue weighted by molar-refractivity contribution is -0.128. The molecule has 27 heavy (non-hydrogen) atoms. The maximum absolute atomic E-state index is 12.7. The summed E-state index contributed by atoms with van der Waals surface area (Å²) in [6.45, 7) is 4.42.